The van der Waals surface area contributed by atoms with E-state index >= 15 is 0 Å². The maximum Gasteiger partial charge on any atom is 0.308 e. The summed E-state index contributed by atoms with van der Waals surface area (Å²) in [5.74, 6) is -0.0493. The Morgan fingerprint density at radius 2 is 1.82 bits per heavy atom. The summed E-state index contributed by atoms with van der Waals surface area (Å²) >= 11 is 0. The molecule has 0 saturated heterocycles. The molecule has 9 nitrogen and oxygen atoms in total. The Kier molecular flexibility index (Phi) is 4.87. The quantitative estimate of drug-likeness (QED) is 0.470. The smallest absolute Gasteiger partial charge is 0.308 e. The molecule has 0 aliphatic carbocycles. The van der Waals surface area contributed by atoms with E-state index in [-0.39, 0.29) is 25.1 Å². The molecule has 4 rings (SSSR count). The van der Waals surface area contributed by atoms with E-state index in [4.69, 9.17) is 4.74 Å². The third kappa shape index (κ3) is 3.63. The second-order valence-corrected chi connectivity index (χ2v) is 6.01. The molecule has 0 N–H and O–H groups in total. The summed E-state index contributed by atoms with van der Waals surface area (Å²) in [4.78, 5) is 28.8. The average Bonchev–Trinajstić information content (AvgIpc) is 3.21. The first kappa shape index (κ1) is 17.5. The summed E-state index contributed by atoms with van der Waals surface area (Å²) in [6, 6.07) is 16.4. The van der Waals surface area contributed by atoms with Gasteiger partial charge in [0.2, 0.25) is 0 Å². The minimum atomic E-state index is -0.456. The van der Waals surface area contributed by atoms with Gasteiger partial charge in [-0.1, -0.05) is 30.3 Å². The van der Waals surface area contributed by atoms with E-state index in [1.807, 2.05) is 36.4 Å². The van der Waals surface area contributed by atoms with E-state index < -0.39 is 5.97 Å². The number of hydrogen-bond acceptors (Lipinski definition) is 7. The van der Waals surface area contributed by atoms with Crippen LogP contribution in [-0.4, -0.2) is 35.7 Å². The van der Waals surface area contributed by atoms with Crippen LogP contribution in [0.5, 0.6) is 0 Å². The first-order valence-corrected chi connectivity index (χ1v) is 8.65. The minimum Gasteiger partial charge on any atom is -0.457 e. The molecule has 0 amide bonds. The van der Waals surface area contributed by atoms with Crippen LogP contribution in [0.1, 0.15) is 12.2 Å². The van der Waals surface area contributed by atoms with Gasteiger partial charge >= 0.3 is 5.97 Å². The number of hydrogen-bond donors (Lipinski definition) is 0. The van der Waals surface area contributed by atoms with Crippen molar-refractivity contribution in [2.24, 2.45) is 0 Å². The molecule has 0 saturated carbocycles. The number of esters is 1. The van der Waals surface area contributed by atoms with Crippen molar-refractivity contribution in [1.82, 2.24) is 29.8 Å². The molecule has 0 aliphatic heterocycles. The van der Waals surface area contributed by atoms with Crippen molar-refractivity contribution in [3.8, 4) is 5.69 Å². The predicted molar refractivity (Wildman–Crippen MR) is 99.6 cm³/mol. The molecule has 9 heteroatoms. The SMILES string of the molecule is O=C(CCn1cnc2ccccc2c1=O)OCc1nnnn1-c1ccccc1. The molecule has 2 aromatic carbocycles. The van der Waals surface area contributed by atoms with Crippen LogP contribution < -0.4 is 5.56 Å². The Bertz CT molecular complexity index is 1170. The van der Waals surface area contributed by atoms with Crippen LogP contribution in [0.3, 0.4) is 0 Å². The molecule has 0 radical (unpaired) electrons. The van der Waals surface area contributed by atoms with Crippen LogP contribution in [0.4, 0.5) is 0 Å². The molecule has 4 aromatic rings. The van der Waals surface area contributed by atoms with Crippen molar-refractivity contribution in [1.29, 1.82) is 0 Å². The van der Waals surface area contributed by atoms with Gasteiger partial charge in [-0.3, -0.25) is 14.2 Å². The summed E-state index contributed by atoms with van der Waals surface area (Å²) in [5.41, 5.74) is 1.21. The zero-order chi connectivity index (χ0) is 19.3. The Labute approximate surface area is 159 Å². The van der Waals surface area contributed by atoms with Crippen molar-refractivity contribution >= 4 is 16.9 Å². The highest BCUT2D eigenvalue weighted by Crippen LogP contribution is 2.08. The number of aromatic nitrogens is 6. The summed E-state index contributed by atoms with van der Waals surface area (Å²) in [6.07, 6.45) is 1.47. The Morgan fingerprint density at radius 1 is 1.04 bits per heavy atom. The molecule has 2 heterocycles. The molecule has 140 valence electrons. The number of fused-ring (bicyclic) bond motifs is 1. The third-order valence-corrected chi connectivity index (χ3v) is 4.19. The van der Waals surface area contributed by atoms with Gasteiger partial charge < -0.3 is 4.74 Å². The summed E-state index contributed by atoms with van der Waals surface area (Å²) in [7, 11) is 0. The van der Waals surface area contributed by atoms with E-state index in [1.165, 1.54) is 15.6 Å². The van der Waals surface area contributed by atoms with E-state index in [0.29, 0.717) is 16.7 Å². The standard InChI is InChI=1S/C19H16N6O3/c26-18(10-11-24-13-20-16-9-5-4-8-15(16)19(24)27)28-12-17-21-22-23-25(17)14-6-2-1-3-7-14/h1-9,13H,10-12H2. The Hall–Kier alpha value is -3.88. The third-order valence-electron chi connectivity index (χ3n) is 4.19. The van der Waals surface area contributed by atoms with Crippen molar-refractivity contribution in [2.45, 2.75) is 19.6 Å². The highest BCUT2D eigenvalue weighted by Gasteiger charge is 2.12. The molecular formula is C19H16N6O3. The molecule has 0 atom stereocenters. The van der Waals surface area contributed by atoms with E-state index in [9.17, 15) is 9.59 Å². The zero-order valence-corrected chi connectivity index (χ0v) is 14.8. The lowest BCUT2D eigenvalue weighted by atomic mass is 10.2. The number of tetrazole rings is 1. The van der Waals surface area contributed by atoms with Gasteiger partial charge in [0, 0.05) is 6.54 Å². The maximum absolute atomic E-state index is 12.4. The molecule has 0 bridgehead atoms. The van der Waals surface area contributed by atoms with Gasteiger partial charge in [-0.05, 0) is 34.7 Å². The van der Waals surface area contributed by atoms with Gasteiger partial charge in [0.25, 0.3) is 5.56 Å². The summed E-state index contributed by atoms with van der Waals surface area (Å²) < 4.78 is 8.17. The summed E-state index contributed by atoms with van der Waals surface area (Å²) in [6.45, 7) is 0.116. The normalized spacial score (nSPS) is 10.9. The fraction of sp³-hybridized carbons (Fsp3) is 0.158. The van der Waals surface area contributed by atoms with Gasteiger partial charge in [-0.2, -0.15) is 4.68 Å². The fourth-order valence-electron chi connectivity index (χ4n) is 2.76. The Balaban J connectivity index is 1.38. The molecule has 0 fully saturated rings. The van der Waals surface area contributed by atoms with Gasteiger partial charge in [0.05, 0.1) is 29.3 Å². The van der Waals surface area contributed by atoms with Crippen LogP contribution in [0, 0.1) is 0 Å². The van der Waals surface area contributed by atoms with Gasteiger partial charge in [0.15, 0.2) is 12.4 Å². The molecule has 0 unspecified atom stereocenters. The highest BCUT2D eigenvalue weighted by molar-refractivity contribution is 5.77. The monoisotopic (exact) mass is 376 g/mol. The van der Waals surface area contributed by atoms with Crippen LogP contribution >= 0.6 is 0 Å². The average molecular weight is 376 g/mol. The van der Waals surface area contributed by atoms with Crippen LogP contribution in [0.2, 0.25) is 0 Å². The largest absolute Gasteiger partial charge is 0.457 e. The molecule has 28 heavy (non-hydrogen) atoms. The van der Waals surface area contributed by atoms with Crippen LogP contribution in [0.15, 0.2) is 65.7 Å². The summed E-state index contributed by atoms with van der Waals surface area (Å²) in [5, 5.41) is 11.9. The minimum absolute atomic E-state index is 0.0346. The van der Waals surface area contributed by atoms with Gasteiger partial charge in [-0.15, -0.1) is 5.10 Å². The number of benzene rings is 2. The first-order valence-electron chi connectivity index (χ1n) is 8.65. The fourth-order valence-corrected chi connectivity index (χ4v) is 2.76. The first-order chi connectivity index (χ1) is 13.7. The zero-order valence-electron chi connectivity index (χ0n) is 14.8. The lowest BCUT2D eigenvalue weighted by molar-refractivity contribution is -0.145. The Morgan fingerprint density at radius 3 is 2.68 bits per heavy atom. The number of rotatable bonds is 6. The van der Waals surface area contributed by atoms with Crippen molar-refractivity contribution in [2.75, 3.05) is 0 Å². The number of carbonyl (C=O) groups excluding carboxylic acids is 1. The number of ether oxygens (including phenoxy) is 1. The predicted octanol–water partition coefficient (Wildman–Crippen LogP) is 1.51. The second kappa shape index (κ2) is 7.78. The van der Waals surface area contributed by atoms with E-state index in [1.54, 1.807) is 18.2 Å². The van der Waals surface area contributed by atoms with Gasteiger partial charge in [-0.25, -0.2) is 4.98 Å². The second-order valence-electron chi connectivity index (χ2n) is 6.01. The van der Waals surface area contributed by atoms with Crippen LogP contribution in [0.25, 0.3) is 16.6 Å². The lowest BCUT2D eigenvalue weighted by Gasteiger charge is -2.08. The van der Waals surface area contributed by atoms with Crippen LogP contribution in [-0.2, 0) is 22.7 Å². The van der Waals surface area contributed by atoms with E-state index in [0.717, 1.165) is 5.69 Å². The van der Waals surface area contributed by atoms with Crippen molar-refractivity contribution < 1.29 is 9.53 Å². The topological polar surface area (TPSA) is 105 Å². The number of nitrogens with zero attached hydrogens (tertiary/aromatic N) is 6. The van der Waals surface area contributed by atoms with Gasteiger partial charge in [0.1, 0.15) is 0 Å². The molecule has 0 aliphatic rings. The molecule has 2 aromatic heterocycles. The number of para-hydroxylation sites is 2. The number of carbonyl (C=O) groups is 1. The van der Waals surface area contributed by atoms with E-state index in [2.05, 4.69) is 20.5 Å². The van der Waals surface area contributed by atoms with Crippen molar-refractivity contribution in [3.05, 3.63) is 77.1 Å². The molecular weight excluding hydrogens is 360 g/mol. The number of aryl methyl sites for hydroxylation is 1. The lowest BCUT2D eigenvalue weighted by Crippen LogP contribution is -2.22. The molecule has 0 spiro atoms. The highest BCUT2D eigenvalue weighted by atomic mass is 16.5. The maximum atomic E-state index is 12.4. The van der Waals surface area contributed by atoms with Crippen molar-refractivity contribution in [3.63, 3.8) is 0 Å².